The predicted molar refractivity (Wildman–Crippen MR) is 128 cm³/mol. The maximum absolute atomic E-state index is 13.0. The van der Waals surface area contributed by atoms with E-state index in [0.717, 1.165) is 36.2 Å². The summed E-state index contributed by atoms with van der Waals surface area (Å²) in [6.07, 6.45) is -0.715. The molecule has 0 saturated carbocycles. The quantitative estimate of drug-likeness (QED) is 0.147. The van der Waals surface area contributed by atoms with Crippen molar-refractivity contribution in [2.24, 2.45) is 0 Å². The van der Waals surface area contributed by atoms with Crippen LogP contribution in [0.5, 0.6) is 5.75 Å². The predicted octanol–water partition coefficient (Wildman–Crippen LogP) is 7.02. The van der Waals surface area contributed by atoms with Gasteiger partial charge in [0.25, 0.3) is 0 Å². The summed E-state index contributed by atoms with van der Waals surface area (Å²) in [6, 6.07) is 19.7. The van der Waals surface area contributed by atoms with Crippen molar-refractivity contribution >= 4 is 36.8 Å². The highest BCUT2D eigenvalue weighted by molar-refractivity contribution is 7.49. The Bertz CT molecular complexity index is 1290. The summed E-state index contributed by atoms with van der Waals surface area (Å²) in [7, 11) is -0.429. The number of fused-ring (bicyclic) bond motifs is 2. The number of aryl methyl sites for hydroxylation is 2. The lowest BCUT2D eigenvalue weighted by Crippen LogP contribution is -2.26. The van der Waals surface area contributed by atoms with Gasteiger partial charge >= 0.3 is 6.16 Å². The first-order chi connectivity index (χ1) is 14.7. The Kier molecular flexibility index (Phi) is 5.31. The molecule has 0 fully saturated rings. The van der Waals surface area contributed by atoms with Gasteiger partial charge in [-0.05, 0) is 70.0 Å². The molecule has 4 rings (SSSR count). The number of carbonyl (C=O) groups is 1. The van der Waals surface area contributed by atoms with E-state index in [1.807, 2.05) is 74.5 Å². The highest BCUT2D eigenvalue weighted by Crippen LogP contribution is 2.45. The van der Waals surface area contributed by atoms with E-state index < -0.39 is 22.2 Å². The average molecular weight is 434 g/mol. The van der Waals surface area contributed by atoms with Crippen LogP contribution in [0.15, 0.2) is 65.5 Å². The minimum atomic E-state index is -0.715. The first kappa shape index (κ1) is 21.1. The number of hydrogen-bond acceptors (Lipinski definition) is 4. The molecule has 4 nitrogen and oxygen atoms in total. The molecule has 0 aliphatic rings. The SMILES string of the molecule is Cc1cc(-[s+]2c3ccccc3c(=O)c3ccccc32)cc(C)c1OC(=O)OC(C)(C)C. The zero-order chi connectivity index (χ0) is 22.3. The Hall–Kier alpha value is -3.18. The van der Waals surface area contributed by atoms with Gasteiger partial charge in [0.2, 0.25) is 5.43 Å². The Morgan fingerprint density at radius 1 is 0.839 bits per heavy atom. The van der Waals surface area contributed by atoms with E-state index in [2.05, 4.69) is 0 Å². The maximum Gasteiger partial charge on any atom is 0.514 e. The number of rotatable bonds is 2. The molecule has 4 aromatic rings. The second-order valence-electron chi connectivity index (χ2n) is 8.58. The molecule has 1 aromatic heterocycles. The topological polar surface area (TPSA) is 52.6 Å². The van der Waals surface area contributed by atoms with E-state index >= 15 is 0 Å². The summed E-state index contributed by atoms with van der Waals surface area (Å²) in [5.41, 5.74) is 1.14. The van der Waals surface area contributed by atoms with Gasteiger partial charge in [-0.15, -0.1) is 0 Å². The van der Waals surface area contributed by atoms with Gasteiger partial charge in [0, 0.05) is 22.6 Å². The van der Waals surface area contributed by atoms with Gasteiger partial charge in [-0.25, -0.2) is 4.79 Å². The van der Waals surface area contributed by atoms with Crippen LogP contribution in [0.25, 0.3) is 25.1 Å². The monoisotopic (exact) mass is 433 g/mol. The second kappa shape index (κ2) is 7.82. The number of hydrogen-bond donors (Lipinski definition) is 0. The third-order valence-electron chi connectivity index (χ3n) is 4.95. The molecule has 1 heterocycles. The van der Waals surface area contributed by atoms with Crippen molar-refractivity contribution in [1.82, 2.24) is 0 Å². The van der Waals surface area contributed by atoms with Gasteiger partial charge < -0.3 is 9.47 Å². The molecule has 0 amide bonds. The smallest absolute Gasteiger partial charge is 0.428 e. The molecule has 0 aliphatic carbocycles. The van der Waals surface area contributed by atoms with Crippen molar-refractivity contribution in [2.75, 3.05) is 0 Å². The van der Waals surface area contributed by atoms with E-state index in [0.29, 0.717) is 5.75 Å². The van der Waals surface area contributed by atoms with Crippen molar-refractivity contribution in [1.29, 1.82) is 0 Å². The standard InChI is InChI=1S/C26H25O4S/c1-16-14-18(15-17(2)24(16)29-25(28)30-26(3,4)5)31-21-12-8-6-10-19(21)23(27)20-11-7-9-13-22(20)31/h6-15H,1-5H3/q+1. The fourth-order valence-electron chi connectivity index (χ4n) is 3.73. The first-order valence-corrected chi connectivity index (χ1v) is 11.4. The molecule has 158 valence electrons. The highest BCUT2D eigenvalue weighted by atomic mass is 32.2. The van der Waals surface area contributed by atoms with E-state index in [9.17, 15) is 9.59 Å². The third kappa shape index (κ3) is 4.06. The summed E-state index contributed by atoms with van der Waals surface area (Å²) in [5, 5.41) is 1.49. The van der Waals surface area contributed by atoms with Crippen LogP contribution in [-0.2, 0) is 4.74 Å². The minimum Gasteiger partial charge on any atom is -0.428 e. The fourth-order valence-corrected chi connectivity index (χ4v) is 6.25. The molecule has 0 N–H and O–H groups in total. The van der Waals surface area contributed by atoms with Crippen LogP contribution in [0.3, 0.4) is 0 Å². The van der Waals surface area contributed by atoms with Crippen molar-refractivity contribution in [3.05, 3.63) is 82.0 Å². The summed E-state index contributed by atoms with van der Waals surface area (Å²) >= 11 is 0. The van der Waals surface area contributed by atoms with Crippen LogP contribution in [0.2, 0.25) is 0 Å². The molecule has 5 heteroatoms. The third-order valence-corrected chi connectivity index (χ3v) is 7.25. The molecule has 0 aliphatic heterocycles. The van der Waals surface area contributed by atoms with Gasteiger partial charge in [-0.3, -0.25) is 4.79 Å². The molecule has 0 saturated heterocycles. The Morgan fingerprint density at radius 2 is 1.32 bits per heavy atom. The first-order valence-electron chi connectivity index (χ1n) is 10.1. The van der Waals surface area contributed by atoms with E-state index in [4.69, 9.17) is 9.47 Å². The molecule has 31 heavy (non-hydrogen) atoms. The molecule has 0 spiro atoms. The molecular formula is C26H25O4S+. The van der Waals surface area contributed by atoms with Gasteiger partial charge in [-0.2, -0.15) is 0 Å². The van der Waals surface area contributed by atoms with Gasteiger partial charge in [0.05, 0.1) is 10.8 Å². The van der Waals surface area contributed by atoms with Crippen LogP contribution in [0, 0.1) is 13.8 Å². The van der Waals surface area contributed by atoms with Crippen LogP contribution in [0.1, 0.15) is 31.9 Å². The summed E-state index contributed by atoms with van der Waals surface area (Å²) in [5.74, 6) is 0.510. The van der Waals surface area contributed by atoms with Crippen LogP contribution in [-0.4, -0.2) is 11.8 Å². The fraction of sp³-hybridized carbons (Fsp3) is 0.231. The Labute approximate surface area is 184 Å². The molecule has 0 radical (unpaired) electrons. The molecule has 0 unspecified atom stereocenters. The average Bonchev–Trinajstić information content (AvgIpc) is 2.70. The van der Waals surface area contributed by atoms with E-state index in [-0.39, 0.29) is 5.43 Å². The minimum absolute atomic E-state index is 0.0632. The summed E-state index contributed by atoms with van der Waals surface area (Å²) in [4.78, 5) is 26.3. The normalized spacial score (nSPS) is 11.6. The van der Waals surface area contributed by atoms with E-state index in [1.54, 1.807) is 20.8 Å². The number of ether oxygens (including phenoxy) is 2. The zero-order valence-electron chi connectivity index (χ0n) is 18.3. The zero-order valence-corrected chi connectivity index (χ0v) is 19.1. The van der Waals surface area contributed by atoms with Crippen molar-refractivity contribution in [3.8, 4) is 10.6 Å². The van der Waals surface area contributed by atoms with E-state index in [1.165, 1.54) is 0 Å². The van der Waals surface area contributed by atoms with Crippen LogP contribution in [0.4, 0.5) is 4.79 Å². The lowest BCUT2D eigenvalue weighted by Gasteiger charge is -2.19. The molecule has 0 atom stereocenters. The molecular weight excluding hydrogens is 408 g/mol. The lowest BCUT2D eigenvalue weighted by molar-refractivity contribution is 0.0203. The number of carbonyl (C=O) groups excluding carboxylic acids is 1. The van der Waals surface area contributed by atoms with Crippen molar-refractivity contribution in [3.63, 3.8) is 0 Å². The van der Waals surface area contributed by atoms with Crippen molar-refractivity contribution in [2.45, 2.75) is 40.2 Å². The van der Waals surface area contributed by atoms with Gasteiger partial charge in [0.15, 0.2) is 14.3 Å². The Morgan fingerprint density at radius 3 is 1.81 bits per heavy atom. The molecule has 3 aromatic carbocycles. The Balaban J connectivity index is 1.90. The summed E-state index contributed by atoms with van der Waals surface area (Å²) < 4.78 is 12.9. The largest absolute Gasteiger partial charge is 0.514 e. The lowest BCUT2D eigenvalue weighted by atomic mass is 10.1. The van der Waals surface area contributed by atoms with Crippen LogP contribution < -0.4 is 10.2 Å². The molecule has 0 bridgehead atoms. The second-order valence-corrected chi connectivity index (χ2v) is 10.5. The highest BCUT2D eigenvalue weighted by Gasteiger charge is 2.25. The van der Waals surface area contributed by atoms with Crippen molar-refractivity contribution < 1.29 is 14.3 Å². The number of benzene rings is 3. The maximum atomic E-state index is 13.0. The summed E-state index contributed by atoms with van der Waals surface area (Å²) in [6.45, 7) is 9.26. The van der Waals surface area contributed by atoms with Gasteiger partial charge in [-0.1, -0.05) is 24.3 Å². The van der Waals surface area contributed by atoms with Crippen LogP contribution >= 0.6 is 10.5 Å². The van der Waals surface area contributed by atoms with Gasteiger partial charge in [0.1, 0.15) is 11.4 Å².